The fraction of sp³-hybridized carbons (Fsp3) is 0.632. The van der Waals surface area contributed by atoms with Crippen LogP contribution in [-0.4, -0.2) is 28.9 Å². The van der Waals surface area contributed by atoms with Crippen molar-refractivity contribution in [3.8, 4) is 0 Å². The second kappa shape index (κ2) is 6.33. The van der Waals surface area contributed by atoms with Crippen LogP contribution in [0.4, 0.5) is 0 Å². The van der Waals surface area contributed by atoms with Gasteiger partial charge in [-0.15, -0.1) is 11.8 Å². The number of hydrogen-bond donors (Lipinski definition) is 2. The Hall–Kier alpha value is -0.520. The SMILES string of the molecule is O=C(NCCSc1ccc(Br)cc1)C12C[C@H]3C[C@@H](CC(O)(C3)C1)C2. The van der Waals surface area contributed by atoms with E-state index in [4.69, 9.17) is 0 Å². The summed E-state index contributed by atoms with van der Waals surface area (Å²) < 4.78 is 1.08. The molecule has 4 aliphatic carbocycles. The molecule has 1 aromatic carbocycles. The Bertz CT molecular complexity index is 619. The molecule has 0 spiro atoms. The van der Waals surface area contributed by atoms with Gasteiger partial charge in [-0.3, -0.25) is 4.79 Å². The molecule has 130 valence electrons. The average Bonchev–Trinajstić information content (AvgIpc) is 2.50. The first-order chi connectivity index (χ1) is 11.5. The largest absolute Gasteiger partial charge is 0.390 e. The van der Waals surface area contributed by atoms with E-state index in [0.717, 1.165) is 35.9 Å². The monoisotopic (exact) mass is 409 g/mol. The maximum absolute atomic E-state index is 12.9. The molecular formula is C19H24BrNO2S. The van der Waals surface area contributed by atoms with Crippen LogP contribution in [-0.2, 0) is 4.79 Å². The number of nitrogens with one attached hydrogen (secondary N) is 1. The Balaban J connectivity index is 1.31. The van der Waals surface area contributed by atoms with Crippen molar-refractivity contribution in [2.24, 2.45) is 17.3 Å². The molecule has 4 bridgehead atoms. The first-order valence-electron chi connectivity index (χ1n) is 8.86. The summed E-state index contributed by atoms with van der Waals surface area (Å²) in [4.78, 5) is 14.1. The number of aliphatic hydroxyl groups is 1. The van der Waals surface area contributed by atoms with Crippen LogP contribution < -0.4 is 5.32 Å². The number of rotatable bonds is 5. The molecule has 0 heterocycles. The summed E-state index contributed by atoms with van der Waals surface area (Å²) in [7, 11) is 0. The highest BCUT2D eigenvalue weighted by molar-refractivity contribution is 9.10. The minimum absolute atomic E-state index is 0.187. The minimum atomic E-state index is -0.562. The van der Waals surface area contributed by atoms with Gasteiger partial charge in [-0.1, -0.05) is 15.9 Å². The Labute approximate surface area is 156 Å². The molecule has 4 saturated carbocycles. The molecule has 24 heavy (non-hydrogen) atoms. The third kappa shape index (κ3) is 3.27. The fourth-order valence-electron chi connectivity index (χ4n) is 5.53. The first kappa shape index (κ1) is 16.9. The molecule has 0 aromatic heterocycles. The summed E-state index contributed by atoms with van der Waals surface area (Å²) in [5, 5.41) is 13.9. The molecule has 0 radical (unpaired) electrons. The molecule has 1 amide bonds. The van der Waals surface area contributed by atoms with E-state index in [1.54, 1.807) is 11.8 Å². The molecule has 0 aliphatic heterocycles. The van der Waals surface area contributed by atoms with Crippen molar-refractivity contribution in [2.75, 3.05) is 12.3 Å². The van der Waals surface area contributed by atoms with E-state index in [0.29, 0.717) is 24.8 Å². The van der Waals surface area contributed by atoms with Gasteiger partial charge in [0.15, 0.2) is 0 Å². The molecule has 3 nitrogen and oxygen atoms in total. The number of halogens is 1. The maximum Gasteiger partial charge on any atom is 0.226 e. The molecule has 4 fully saturated rings. The van der Waals surface area contributed by atoms with Gasteiger partial charge in [0, 0.05) is 21.7 Å². The van der Waals surface area contributed by atoms with Gasteiger partial charge in [0.25, 0.3) is 0 Å². The highest BCUT2D eigenvalue weighted by Crippen LogP contribution is 2.61. The highest BCUT2D eigenvalue weighted by atomic mass is 79.9. The Morgan fingerprint density at radius 1 is 1.21 bits per heavy atom. The van der Waals surface area contributed by atoms with Gasteiger partial charge in [-0.05, 0) is 74.6 Å². The van der Waals surface area contributed by atoms with Gasteiger partial charge in [0.05, 0.1) is 11.0 Å². The zero-order valence-electron chi connectivity index (χ0n) is 13.8. The minimum Gasteiger partial charge on any atom is -0.390 e. The third-order valence-electron chi connectivity index (χ3n) is 5.98. The maximum atomic E-state index is 12.9. The van der Waals surface area contributed by atoms with Crippen LogP contribution in [0.15, 0.2) is 33.6 Å². The van der Waals surface area contributed by atoms with Crippen molar-refractivity contribution >= 4 is 33.6 Å². The second-order valence-electron chi connectivity index (χ2n) is 8.02. The van der Waals surface area contributed by atoms with Crippen LogP contribution in [0, 0.1) is 17.3 Å². The van der Waals surface area contributed by atoms with E-state index in [1.807, 2.05) is 12.1 Å². The number of carbonyl (C=O) groups excluding carboxylic acids is 1. The summed E-state index contributed by atoms with van der Waals surface area (Å²) in [6.45, 7) is 0.690. The topological polar surface area (TPSA) is 49.3 Å². The van der Waals surface area contributed by atoms with Crippen molar-refractivity contribution in [1.29, 1.82) is 0 Å². The Kier molecular flexibility index (Phi) is 4.46. The van der Waals surface area contributed by atoms with Crippen LogP contribution >= 0.6 is 27.7 Å². The van der Waals surface area contributed by atoms with Crippen LogP contribution in [0.5, 0.6) is 0 Å². The van der Waals surface area contributed by atoms with Crippen LogP contribution in [0.25, 0.3) is 0 Å². The molecule has 4 aliphatic rings. The molecule has 0 saturated heterocycles. The fourth-order valence-corrected chi connectivity index (χ4v) is 6.56. The molecule has 2 atom stereocenters. The van der Waals surface area contributed by atoms with Crippen molar-refractivity contribution < 1.29 is 9.90 Å². The van der Waals surface area contributed by atoms with Crippen molar-refractivity contribution in [3.05, 3.63) is 28.7 Å². The Morgan fingerprint density at radius 3 is 2.50 bits per heavy atom. The standard InChI is InChI=1S/C19H24BrNO2S/c20-15-1-3-16(4-2-15)24-6-5-21-17(22)18-8-13-7-14(9-18)11-19(23,10-13)12-18/h1-4,13-14,23H,5-12H2,(H,21,22)/t13-,14-,18?,19?/m1/s1. The van der Waals surface area contributed by atoms with Gasteiger partial charge >= 0.3 is 0 Å². The number of thioether (sulfide) groups is 1. The molecule has 5 rings (SSSR count). The van der Waals surface area contributed by atoms with Gasteiger partial charge < -0.3 is 10.4 Å². The predicted molar refractivity (Wildman–Crippen MR) is 99.9 cm³/mol. The zero-order chi connectivity index (χ0) is 16.8. The van der Waals surface area contributed by atoms with E-state index < -0.39 is 5.60 Å². The molecule has 1 aromatic rings. The quantitative estimate of drug-likeness (QED) is 0.570. The lowest BCUT2D eigenvalue weighted by molar-refractivity contribution is -0.178. The lowest BCUT2D eigenvalue weighted by Crippen LogP contribution is -2.60. The number of carbonyl (C=O) groups is 1. The lowest BCUT2D eigenvalue weighted by atomic mass is 9.47. The van der Waals surface area contributed by atoms with Gasteiger partial charge in [-0.2, -0.15) is 0 Å². The van der Waals surface area contributed by atoms with Gasteiger partial charge in [0.2, 0.25) is 5.91 Å². The third-order valence-corrected chi connectivity index (χ3v) is 7.52. The summed E-state index contributed by atoms with van der Waals surface area (Å²) >= 11 is 5.20. The molecular weight excluding hydrogens is 386 g/mol. The summed E-state index contributed by atoms with van der Waals surface area (Å²) in [6, 6.07) is 8.25. The normalized spacial score (nSPS) is 36.8. The van der Waals surface area contributed by atoms with E-state index in [1.165, 1.54) is 11.3 Å². The molecule has 0 unspecified atom stereocenters. The molecule has 5 heteroatoms. The van der Waals surface area contributed by atoms with Crippen molar-refractivity contribution in [2.45, 2.75) is 49.0 Å². The van der Waals surface area contributed by atoms with Crippen molar-refractivity contribution in [1.82, 2.24) is 5.32 Å². The smallest absolute Gasteiger partial charge is 0.226 e. The zero-order valence-corrected chi connectivity index (χ0v) is 16.2. The van der Waals surface area contributed by atoms with E-state index >= 15 is 0 Å². The van der Waals surface area contributed by atoms with E-state index in [-0.39, 0.29) is 11.3 Å². The van der Waals surface area contributed by atoms with Crippen molar-refractivity contribution in [3.63, 3.8) is 0 Å². The summed E-state index contributed by atoms with van der Waals surface area (Å²) in [5.74, 6) is 2.17. The second-order valence-corrected chi connectivity index (χ2v) is 10.1. The predicted octanol–water partition coefficient (Wildman–Crippen LogP) is 3.99. The number of amides is 1. The number of hydrogen-bond acceptors (Lipinski definition) is 3. The van der Waals surface area contributed by atoms with E-state index in [2.05, 4.69) is 33.4 Å². The summed E-state index contributed by atoms with van der Waals surface area (Å²) in [5.41, 5.74) is -0.852. The van der Waals surface area contributed by atoms with E-state index in [9.17, 15) is 9.90 Å². The first-order valence-corrected chi connectivity index (χ1v) is 10.6. The van der Waals surface area contributed by atoms with Gasteiger partial charge in [0.1, 0.15) is 0 Å². The summed E-state index contributed by atoms with van der Waals surface area (Å²) in [6.07, 6.45) is 5.69. The van der Waals surface area contributed by atoms with Crippen LogP contribution in [0.2, 0.25) is 0 Å². The molecule has 2 N–H and O–H groups in total. The average molecular weight is 410 g/mol. The Morgan fingerprint density at radius 2 is 1.88 bits per heavy atom. The van der Waals surface area contributed by atoms with Gasteiger partial charge in [-0.25, -0.2) is 0 Å². The van der Waals surface area contributed by atoms with Crippen LogP contribution in [0.3, 0.4) is 0 Å². The lowest BCUT2D eigenvalue weighted by Gasteiger charge is -2.59. The number of benzene rings is 1. The van der Waals surface area contributed by atoms with Crippen LogP contribution in [0.1, 0.15) is 38.5 Å². The highest BCUT2D eigenvalue weighted by Gasteiger charge is 2.59.